The maximum atomic E-state index is 13.8. The van der Waals surface area contributed by atoms with Crippen LogP contribution in [0.25, 0.3) is 11.1 Å². The Balaban J connectivity index is 1.42. The van der Waals surface area contributed by atoms with E-state index in [1.54, 1.807) is 80.6 Å². The number of carbonyl (C=O) groups is 2. The van der Waals surface area contributed by atoms with Gasteiger partial charge in [0.1, 0.15) is 16.5 Å². The number of likely N-dealkylation sites (N-methyl/N-ethyl adjacent to an activating group) is 1. The largest absolute Gasteiger partial charge is 0.495 e. The zero-order chi connectivity index (χ0) is 32.3. The number of hydrogen-bond donors (Lipinski definition) is 1. The molecule has 4 aromatic rings. The number of fused-ring (bicyclic) bond motifs is 1. The monoisotopic (exact) mass is 629 g/mol. The second kappa shape index (κ2) is 13.1. The van der Waals surface area contributed by atoms with Crippen molar-refractivity contribution < 1.29 is 27.1 Å². The van der Waals surface area contributed by atoms with Crippen LogP contribution in [0, 0.1) is 5.82 Å². The van der Waals surface area contributed by atoms with E-state index < -0.39 is 15.8 Å². The van der Waals surface area contributed by atoms with Gasteiger partial charge in [-0.05, 0) is 95.6 Å². The highest BCUT2D eigenvalue weighted by Gasteiger charge is 2.28. The minimum absolute atomic E-state index is 0.0523. The number of halogens is 1. The summed E-state index contributed by atoms with van der Waals surface area (Å²) in [6.07, 6.45) is 2.48. The number of benzene rings is 4. The van der Waals surface area contributed by atoms with E-state index in [2.05, 4.69) is 4.72 Å². The fourth-order valence-electron chi connectivity index (χ4n) is 5.73. The topological polar surface area (TPSA) is 96.0 Å². The summed E-state index contributed by atoms with van der Waals surface area (Å²) in [4.78, 5) is 28.8. The lowest BCUT2D eigenvalue weighted by Gasteiger charge is -2.34. The van der Waals surface area contributed by atoms with Gasteiger partial charge in [-0.2, -0.15) is 0 Å². The van der Waals surface area contributed by atoms with Gasteiger partial charge in [0.05, 0.1) is 19.6 Å². The molecule has 1 aliphatic rings. The molecule has 0 radical (unpaired) electrons. The van der Waals surface area contributed by atoms with Gasteiger partial charge in [-0.1, -0.05) is 36.4 Å². The van der Waals surface area contributed by atoms with E-state index in [0.29, 0.717) is 27.9 Å². The van der Waals surface area contributed by atoms with E-state index in [9.17, 15) is 22.4 Å². The summed E-state index contributed by atoms with van der Waals surface area (Å²) in [5, 5.41) is 0. The van der Waals surface area contributed by atoms with Gasteiger partial charge in [-0.3, -0.25) is 14.3 Å². The number of methoxy groups -OCH3 is 1. The van der Waals surface area contributed by atoms with E-state index >= 15 is 0 Å². The van der Waals surface area contributed by atoms with Crippen LogP contribution in [-0.4, -0.2) is 58.3 Å². The lowest BCUT2D eigenvalue weighted by molar-refractivity contribution is -0.131. The Morgan fingerprint density at radius 3 is 2.42 bits per heavy atom. The third kappa shape index (κ3) is 7.01. The van der Waals surface area contributed by atoms with Crippen LogP contribution in [0.1, 0.15) is 45.9 Å². The molecule has 234 valence electrons. The molecule has 4 aromatic carbocycles. The van der Waals surface area contributed by atoms with Gasteiger partial charge in [0, 0.05) is 32.4 Å². The van der Waals surface area contributed by atoms with E-state index in [4.69, 9.17) is 4.74 Å². The summed E-state index contributed by atoms with van der Waals surface area (Å²) in [7, 11) is 2.36. The Morgan fingerprint density at radius 1 is 0.933 bits per heavy atom. The van der Waals surface area contributed by atoms with Crippen molar-refractivity contribution in [2.45, 2.75) is 36.6 Å². The molecule has 1 atom stereocenters. The van der Waals surface area contributed by atoms with Gasteiger partial charge >= 0.3 is 0 Å². The Morgan fingerprint density at radius 2 is 1.69 bits per heavy atom. The number of rotatable bonds is 9. The van der Waals surface area contributed by atoms with Gasteiger partial charge in [0.25, 0.3) is 15.9 Å². The zero-order valence-electron chi connectivity index (χ0n) is 25.7. The molecule has 0 aliphatic heterocycles. The van der Waals surface area contributed by atoms with E-state index in [1.807, 2.05) is 12.1 Å². The third-order valence-electron chi connectivity index (χ3n) is 8.09. The van der Waals surface area contributed by atoms with Crippen LogP contribution < -0.4 is 9.46 Å². The van der Waals surface area contributed by atoms with Crippen molar-refractivity contribution in [2.75, 3.05) is 33.0 Å². The quantitative estimate of drug-likeness (QED) is 0.242. The first-order valence-corrected chi connectivity index (χ1v) is 16.1. The molecule has 8 nitrogen and oxygen atoms in total. The highest BCUT2D eigenvalue weighted by molar-refractivity contribution is 7.92. The number of nitrogens with one attached hydrogen (secondary N) is 1. The van der Waals surface area contributed by atoms with Crippen LogP contribution in [0.15, 0.2) is 89.8 Å². The predicted molar refractivity (Wildman–Crippen MR) is 172 cm³/mol. The molecule has 5 rings (SSSR count). The second-order valence-corrected chi connectivity index (χ2v) is 13.0. The van der Waals surface area contributed by atoms with Crippen molar-refractivity contribution in [2.24, 2.45) is 0 Å². The van der Waals surface area contributed by atoms with Crippen molar-refractivity contribution in [1.82, 2.24) is 9.80 Å². The molecule has 0 spiro atoms. The number of carbonyl (C=O) groups excluding carboxylic acids is 2. The number of aryl methyl sites for hydroxylation is 1. The minimum atomic E-state index is -4.12. The summed E-state index contributed by atoms with van der Waals surface area (Å²) < 4.78 is 49.4. The van der Waals surface area contributed by atoms with Crippen LogP contribution in [-0.2, 0) is 27.7 Å². The predicted octanol–water partition coefficient (Wildman–Crippen LogP) is 6.08. The number of amides is 2. The van der Waals surface area contributed by atoms with Crippen molar-refractivity contribution in [3.05, 3.63) is 113 Å². The molecular weight excluding hydrogens is 593 g/mol. The number of sulfonamides is 1. The molecule has 2 amide bonds. The Bertz CT molecular complexity index is 1860. The molecule has 1 N–H and O–H groups in total. The average molecular weight is 630 g/mol. The van der Waals surface area contributed by atoms with E-state index in [-0.39, 0.29) is 34.9 Å². The fraction of sp³-hybridized carbons (Fsp3) is 0.257. The van der Waals surface area contributed by atoms with Gasteiger partial charge in [-0.25, -0.2) is 12.8 Å². The number of nitrogens with zero attached hydrogens (tertiary/aromatic N) is 2. The standard InChI is InChI=1S/C35H36FN3O5S/c1-38(2)35(41)27-11-6-10-25(20-27)26-15-17-32(44-4)33(21-26)45(42,43)37-29-16-14-24-9-7-13-31(30(24)22-29)39(3)34(40)19-23-8-5-12-28(36)18-23/h5-6,8,10-12,14-18,20-22,31,37H,7,9,13,19H2,1-4H3. The lowest BCUT2D eigenvalue weighted by atomic mass is 9.86. The molecule has 0 heterocycles. The fourth-order valence-corrected chi connectivity index (χ4v) is 6.97. The maximum absolute atomic E-state index is 13.8. The summed E-state index contributed by atoms with van der Waals surface area (Å²) in [5.41, 5.74) is 4.65. The molecule has 1 aliphatic carbocycles. The first-order valence-electron chi connectivity index (χ1n) is 14.6. The van der Waals surface area contributed by atoms with Gasteiger partial charge in [0.2, 0.25) is 5.91 Å². The average Bonchev–Trinajstić information content (AvgIpc) is 3.03. The van der Waals surface area contributed by atoms with Crippen LogP contribution in [0.4, 0.5) is 10.1 Å². The number of ether oxygens (including phenoxy) is 1. The van der Waals surface area contributed by atoms with Crippen LogP contribution >= 0.6 is 0 Å². The normalized spacial score (nSPS) is 14.3. The van der Waals surface area contributed by atoms with Crippen LogP contribution in [0.2, 0.25) is 0 Å². The minimum Gasteiger partial charge on any atom is -0.495 e. The first-order chi connectivity index (χ1) is 21.5. The van der Waals surface area contributed by atoms with E-state index in [0.717, 1.165) is 30.4 Å². The van der Waals surface area contributed by atoms with Crippen molar-refractivity contribution in [1.29, 1.82) is 0 Å². The molecule has 0 saturated heterocycles. The van der Waals surface area contributed by atoms with Gasteiger partial charge < -0.3 is 14.5 Å². The van der Waals surface area contributed by atoms with Crippen molar-refractivity contribution in [3.8, 4) is 16.9 Å². The first kappa shape index (κ1) is 31.7. The lowest BCUT2D eigenvalue weighted by Crippen LogP contribution is -2.34. The maximum Gasteiger partial charge on any atom is 0.265 e. The van der Waals surface area contributed by atoms with E-state index in [1.165, 1.54) is 30.2 Å². The van der Waals surface area contributed by atoms with Crippen LogP contribution in [0.3, 0.4) is 0 Å². The SMILES string of the molecule is COc1ccc(-c2cccc(C(=O)N(C)C)c2)cc1S(=O)(=O)Nc1ccc2c(c1)C(N(C)C(=O)Cc1cccc(F)c1)CCC2. The third-order valence-corrected chi connectivity index (χ3v) is 9.49. The molecule has 0 fully saturated rings. The Hall–Kier alpha value is -4.70. The molecule has 10 heteroatoms. The summed E-state index contributed by atoms with van der Waals surface area (Å²) >= 11 is 0. The zero-order valence-corrected chi connectivity index (χ0v) is 26.5. The highest BCUT2D eigenvalue weighted by Crippen LogP contribution is 2.37. The van der Waals surface area contributed by atoms with Crippen molar-refractivity contribution >= 4 is 27.5 Å². The summed E-state index contributed by atoms with van der Waals surface area (Å²) in [6.45, 7) is 0. The molecule has 0 bridgehead atoms. The number of anilines is 1. The molecule has 0 aromatic heterocycles. The summed E-state index contributed by atoms with van der Waals surface area (Å²) in [6, 6.07) is 23.0. The highest BCUT2D eigenvalue weighted by atomic mass is 32.2. The van der Waals surface area contributed by atoms with Crippen molar-refractivity contribution in [3.63, 3.8) is 0 Å². The second-order valence-electron chi connectivity index (χ2n) is 11.4. The Kier molecular flexibility index (Phi) is 9.24. The molecule has 0 saturated carbocycles. The molecule has 1 unspecified atom stereocenters. The van der Waals surface area contributed by atoms with Gasteiger partial charge in [-0.15, -0.1) is 0 Å². The van der Waals surface area contributed by atoms with Gasteiger partial charge in [0.15, 0.2) is 0 Å². The smallest absolute Gasteiger partial charge is 0.265 e. The number of hydrogen-bond acceptors (Lipinski definition) is 5. The van der Waals surface area contributed by atoms with Crippen LogP contribution in [0.5, 0.6) is 5.75 Å². The Labute approximate surface area is 263 Å². The molecular formula is C35H36FN3O5S. The molecule has 45 heavy (non-hydrogen) atoms. The summed E-state index contributed by atoms with van der Waals surface area (Å²) in [5.74, 6) is -0.530.